The van der Waals surface area contributed by atoms with Gasteiger partial charge in [0.15, 0.2) is 0 Å². The molecule has 3 unspecified atom stereocenters. The molecular formula is C14H20FN. The van der Waals surface area contributed by atoms with Crippen molar-refractivity contribution in [2.75, 3.05) is 6.54 Å². The molecule has 0 heterocycles. The molecule has 0 saturated heterocycles. The minimum absolute atomic E-state index is 0.0726. The number of hydrogen-bond acceptors (Lipinski definition) is 1. The molecule has 0 spiro atoms. The van der Waals surface area contributed by atoms with E-state index in [-0.39, 0.29) is 5.82 Å². The number of benzene rings is 1. The largest absolute Gasteiger partial charge is 0.314 e. The molecule has 0 aliphatic heterocycles. The average molecular weight is 221 g/mol. The summed E-state index contributed by atoms with van der Waals surface area (Å²) in [7, 11) is 0. The van der Waals surface area contributed by atoms with E-state index in [9.17, 15) is 4.39 Å². The Morgan fingerprint density at radius 1 is 1.44 bits per heavy atom. The predicted molar refractivity (Wildman–Crippen MR) is 65.1 cm³/mol. The predicted octanol–water partition coefficient (Wildman–Crippen LogP) is 3.24. The van der Waals surface area contributed by atoms with Crippen molar-refractivity contribution < 1.29 is 4.39 Å². The van der Waals surface area contributed by atoms with E-state index < -0.39 is 0 Å². The SMILES string of the molecule is CCNC1CC(c2ccc(C)c(F)c2)C1C. The van der Waals surface area contributed by atoms with Gasteiger partial charge in [-0.3, -0.25) is 0 Å². The summed E-state index contributed by atoms with van der Waals surface area (Å²) in [4.78, 5) is 0. The molecule has 16 heavy (non-hydrogen) atoms. The maximum Gasteiger partial charge on any atom is 0.126 e. The Hall–Kier alpha value is -0.890. The van der Waals surface area contributed by atoms with Crippen LogP contribution in [0.3, 0.4) is 0 Å². The molecule has 0 aromatic heterocycles. The zero-order chi connectivity index (χ0) is 11.7. The number of nitrogens with one attached hydrogen (secondary N) is 1. The van der Waals surface area contributed by atoms with Crippen molar-refractivity contribution in [1.82, 2.24) is 5.32 Å². The Morgan fingerprint density at radius 3 is 2.75 bits per heavy atom. The van der Waals surface area contributed by atoms with Gasteiger partial charge in [0.1, 0.15) is 5.82 Å². The van der Waals surface area contributed by atoms with E-state index in [2.05, 4.69) is 25.2 Å². The molecule has 1 saturated carbocycles. The molecule has 88 valence electrons. The van der Waals surface area contributed by atoms with E-state index in [0.717, 1.165) is 24.1 Å². The molecule has 0 radical (unpaired) electrons. The van der Waals surface area contributed by atoms with Gasteiger partial charge in [-0.2, -0.15) is 0 Å². The van der Waals surface area contributed by atoms with Crippen LogP contribution in [0, 0.1) is 18.7 Å². The molecule has 1 fully saturated rings. The second kappa shape index (κ2) is 4.54. The van der Waals surface area contributed by atoms with E-state index >= 15 is 0 Å². The molecule has 0 bridgehead atoms. The van der Waals surface area contributed by atoms with E-state index in [4.69, 9.17) is 0 Å². The molecule has 1 aliphatic rings. The topological polar surface area (TPSA) is 12.0 Å². The second-order valence-electron chi connectivity index (χ2n) is 4.87. The zero-order valence-corrected chi connectivity index (χ0v) is 10.3. The summed E-state index contributed by atoms with van der Waals surface area (Å²) in [5.74, 6) is 1.07. The molecule has 2 rings (SSSR count). The fraction of sp³-hybridized carbons (Fsp3) is 0.571. The van der Waals surface area contributed by atoms with Crippen LogP contribution in [0.2, 0.25) is 0 Å². The third-order valence-electron chi connectivity index (χ3n) is 3.87. The van der Waals surface area contributed by atoms with E-state index in [1.807, 2.05) is 13.0 Å². The Bertz CT molecular complexity index is 375. The Kier molecular flexibility index (Phi) is 3.29. The highest BCUT2D eigenvalue weighted by molar-refractivity contribution is 5.29. The Labute approximate surface area is 97.1 Å². The van der Waals surface area contributed by atoms with Gasteiger partial charge in [-0.1, -0.05) is 26.0 Å². The minimum Gasteiger partial charge on any atom is -0.314 e. The number of halogens is 1. The standard InChI is InChI=1S/C14H20FN/c1-4-16-14-8-12(10(14)3)11-6-5-9(2)13(15)7-11/h5-7,10,12,14,16H,4,8H2,1-3H3. The fourth-order valence-electron chi connectivity index (χ4n) is 2.60. The Balaban J connectivity index is 2.07. The van der Waals surface area contributed by atoms with Gasteiger partial charge in [-0.25, -0.2) is 4.39 Å². The molecule has 3 atom stereocenters. The van der Waals surface area contributed by atoms with Crippen LogP contribution >= 0.6 is 0 Å². The third-order valence-corrected chi connectivity index (χ3v) is 3.87. The van der Waals surface area contributed by atoms with Crippen LogP contribution in [-0.4, -0.2) is 12.6 Å². The van der Waals surface area contributed by atoms with Crippen molar-refractivity contribution >= 4 is 0 Å². The molecule has 1 N–H and O–H groups in total. The molecule has 1 nitrogen and oxygen atoms in total. The van der Waals surface area contributed by atoms with Gasteiger partial charge in [0.2, 0.25) is 0 Å². The van der Waals surface area contributed by atoms with Crippen LogP contribution < -0.4 is 5.32 Å². The summed E-state index contributed by atoms with van der Waals surface area (Å²) in [5, 5.41) is 3.46. The minimum atomic E-state index is -0.0726. The normalized spacial score (nSPS) is 28.9. The van der Waals surface area contributed by atoms with Gasteiger partial charge < -0.3 is 5.32 Å². The zero-order valence-electron chi connectivity index (χ0n) is 10.3. The summed E-state index contributed by atoms with van der Waals surface area (Å²) < 4.78 is 13.5. The maximum atomic E-state index is 13.5. The first-order chi connectivity index (χ1) is 7.63. The van der Waals surface area contributed by atoms with Crippen LogP contribution in [0.4, 0.5) is 4.39 Å². The maximum absolute atomic E-state index is 13.5. The van der Waals surface area contributed by atoms with Crippen molar-refractivity contribution in [2.24, 2.45) is 5.92 Å². The van der Waals surface area contributed by atoms with Crippen molar-refractivity contribution in [3.63, 3.8) is 0 Å². The van der Waals surface area contributed by atoms with Gasteiger partial charge in [-0.15, -0.1) is 0 Å². The molecule has 2 heteroatoms. The van der Waals surface area contributed by atoms with Gasteiger partial charge in [0, 0.05) is 6.04 Å². The first-order valence-corrected chi connectivity index (χ1v) is 6.13. The lowest BCUT2D eigenvalue weighted by atomic mass is 9.67. The number of hydrogen-bond donors (Lipinski definition) is 1. The summed E-state index contributed by atoms with van der Waals surface area (Å²) in [6, 6.07) is 6.28. The van der Waals surface area contributed by atoms with Crippen LogP contribution in [0.1, 0.15) is 37.3 Å². The quantitative estimate of drug-likeness (QED) is 0.826. The van der Waals surface area contributed by atoms with Crippen LogP contribution in [0.15, 0.2) is 18.2 Å². The molecule has 1 aliphatic carbocycles. The highest BCUT2D eigenvalue weighted by Gasteiger charge is 2.37. The lowest BCUT2D eigenvalue weighted by Gasteiger charge is -2.43. The lowest BCUT2D eigenvalue weighted by Crippen LogP contribution is -2.47. The summed E-state index contributed by atoms with van der Waals surface area (Å²) >= 11 is 0. The fourth-order valence-corrected chi connectivity index (χ4v) is 2.60. The van der Waals surface area contributed by atoms with Crippen molar-refractivity contribution in [1.29, 1.82) is 0 Å². The van der Waals surface area contributed by atoms with Crippen molar-refractivity contribution in [3.8, 4) is 0 Å². The highest BCUT2D eigenvalue weighted by Crippen LogP contribution is 2.42. The summed E-state index contributed by atoms with van der Waals surface area (Å²) in [6.07, 6.45) is 1.14. The van der Waals surface area contributed by atoms with Gasteiger partial charge in [0.25, 0.3) is 0 Å². The number of rotatable bonds is 3. The molecular weight excluding hydrogens is 201 g/mol. The second-order valence-corrected chi connectivity index (χ2v) is 4.87. The lowest BCUT2D eigenvalue weighted by molar-refractivity contribution is 0.186. The van der Waals surface area contributed by atoms with Crippen molar-refractivity contribution in [2.45, 2.75) is 39.2 Å². The van der Waals surface area contributed by atoms with Crippen LogP contribution in [0.25, 0.3) is 0 Å². The Morgan fingerprint density at radius 2 is 2.19 bits per heavy atom. The highest BCUT2D eigenvalue weighted by atomic mass is 19.1. The van der Waals surface area contributed by atoms with E-state index in [1.165, 1.54) is 0 Å². The van der Waals surface area contributed by atoms with Gasteiger partial charge >= 0.3 is 0 Å². The molecule has 1 aromatic rings. The summed E-state index contributed by atoms with van der Waals surface area (Å²) in [6.45, 7) is 7.21. The molecule has 1 aromatic carbocycles. The van der Waals surface area contributed by atoms with Crippen LogP contribution in [0.5, 0.6) is 0 Å². The first-order valence-electron chi connectivity index (χ1n) is 6.13. The van der Waals surface area contributed by atoms with E-state index in [0.29, 0.717) is 17.9 Å². The smallest absolute Gasteiger partial charge is 0.126 e. The average Bonchev–Trinajstić information content (AvgIpc) is 2.27. The van der Waals surface area contributed by atoms with E-state index in [1.54, 1.807) is 6.07 Å². The van der Waals surface area contributed by atoms with Crippen molar-refractivity contribution in [3.05, 3.63) is 35.1 Å². The first kappa shape index (κ1) is 11.6. The monoisotopic (exact) mass is 221 g/mol. The number of aryl methyl sites for hydroxylation is 1. The van der Waals surface area contributed by atoms with Crippen LogP contribution in [-0.2, 0) is 0 Å². The van der Waals surface area contributed by atoms with Gasteiger partial charge in [-0.05, 0) is 48.9 Å². The third kappa shape index (κ3) is 1.99. The summed E-state index contributed by atoms with van der Waals surface area (Å²) in [5.41, 5.74) is 1.89. The molecule has 0 amide bonds. The van der Waals surface area contributed by atoms with Gasteiger partial charge in [0.05, 0.1) is 0 Å².